The first-order valence-corrected chi connectivity index (χ1v) is 6.03. The second-order valence-electron chi connectivity index (χ2n) is 5.11. The van der Waals surface area contributed by atoms with Crippen molar-refractivity contribution in [2.75, 3.05) is 6.54 Å². The molecule has 0 saturated carbocycles. The van der Waals surface area contributed by atoms with Crippen LogP contribution >= 0.6 is 0 Å². The number of nitrogens with two attached hydrogens (primary N) is 1. The summed E-state index contributed by atoms with van der Waals surface area (Å²) in [5, 5.41) is 11.4. The van der Waals surface area contributed by atoms with Crippen molar-refractivity contribution < 1.29 is 14.7 Å². The van der Waals surface area contributed by atoms with Crippen LogP contribution in [0.5, 0.6) is 0 Å². The fraction of sp³-hybridized carbons (Fsp3) is 0.833. The third kappa shape index (κ3) is 7.74. The number of carbonyl (C=O) groups excluding carboxylic acids is 1. The highest BCUT2D eigenvalue weighted by Crippen LogP contribution is 2.25. The number of carboxylic acids is 1. The van der Waals surface area contributed by atoms with Crippen molar-refractivity contribution >= 4 is 11.9 Å². The number of rotatable bonds is 8. The van der Waals surface area contributed by atoms with Crippen LogP contribution in [0.4, 0.5) is 0 Å². The monoisotopic (exact) mass is 244 g/mol. The van der Waals surface area contributed by atoms with Gasteiger partial charge in [0.1, 0.15) is 0 Å². The minimum absolute atomic E-state index is 0.0814. The van der Waals surface area contributed by atoms with Crippen LogP contribution in [0.15, 0.2) is 0 Å². The summed E-state index contributed by atoms with van der Waals surface area (Å²) in [6.07, 6.45) is 2.14. The fourth-order valence-corrected chi connectivity index (χ4v) is 1.41. The Bertz CT molecular complexity index is 264. The van der Waals surface area contributed by atoms with Gasteiger partial charge in [-0.3, -0.25) is 9.59 Å². The summed E-state index contributed by atoms with van der Waals surface area (Å²) in [7, 11) is 0. The molecule has 0 aliphatic rings. The van der Waals surface area contributed by atoms with Crippen LogP contribution in [0, 0.1) is 5.41 Å². The zero-order chi connectivity index (χ0) is 13.5. The predicted molar refractivity (Wildman–Crippen MR) is 66.5 cm³/mol. The van der Waals surface area contributed by atoms with E-state index in [-0.39, 0.29) is 17.7 Å². The molecular formula is C12H24N2O3. The topological polar surface area (TPSA) is 92.4 Å². The van der Waals surface area contributed by atoms with E-state index in [1.54, 1.807) is 0 Å². The molecule has 0 rings (SSSR count). The van der Waals surface area contributed by atoms with E-state index < -0.39 is 12.0 Å². The van der Waals surface area contributed by atoms with Gasteiger partial charge in [0.2, 0.25) is 5.91 Å². The molecule has 0 spiro atoms. The summed E-state index contributed by atoms with van der Waals surface area (Å²) in [5.41, 5.74) is 5.49. The first-order valence-electron chi connectivity index (χ1n) is 6.03. The molecule has 0 saturated heterocycles. The molecule has 0 fully saturated rings. The third-order valence-electron chi connectivity index (χ3n) is 2.89. The molecule has 17 heavy (non-hydrogen) atoms. The van der Waals surface area contributed by atoms with Gasteiger partial charge >= 0.3 is 5.97 Å². The van der Waals surface area contributed by atoms with Gasteiger partial charge in [0.05, 0.1) is 6.04 Å². The average molecular weight is 244 g/mol. The molecule has 0 aliphatic heterocycles. The Hall–Kier alpha value is -1.10. The van der Waals surface area contributed by atoms with E-state index in [0.717, 1.165) is 6.42 Å². The number of aliphatic carboxylic acids is 1. The molecule has 0 aromatic rings. The molecule has 0 unspecified atom stereocenters. The number of hydrogen-bond acceptors (Lipinski definition) is 3. The van der Waals surface area contributed by atoms with Crippen molar-refractivity contribution in [2.45, 2.75) is 52.5 Å². The maximum atomic E-state index is 11.4. The van der Waals surface area contributed by atoms with Gasteiger partial charge in [-0.1, -0.05) is 20.8 Å². The Labute approximate surface area is 103 Å². The number of hydrogen-bond donors (Lipinski definition) is 3. The quantitative estimate of drug-likeness (QED) is 0.596. The van der Waals surface area contributed by atoms with Crippen LogP contribution < -0.4 is 11.1 Å². The van der Waals surface area contributed by atoms with Crippen molar-refractivity contribution in [2.24, 2.45) is 11.1 Å². The van der Waals surface area contributed by atoms with Crippen molar-refractivity contribution in [1.82, 2.24) is 5.32 Å². The second-order valence-corrected chi connectivity index (χ2v) is 5.11. The largest absolute Gasteiger partial charge is 0.481 e. The van der Waals surface area contributed by atoms with E-state index in [0.29, 0.717) is 19.4 Å². The SMILES string of the molecule is CC[C@H](N)C(=O)NCCC(C)(C)CCC(=O)O. The van der Waals surface area contributed by atoms with Crippen molar-refractivity contribution in [3.8, 4) is 0 Å². The van der Waals surface area contributed by atoms with Gasteiger partial charge in [0, 0.05) is 13.0 Å². The lowest BCUT2D eigenvalue weighted by Gasteiger charge is -2.24. The molecule has 1 amide bonds. The van der Waals surface area contributed by atoms with Gasteiger partial charge in [-0.15, -0.1) is 0 Å². The molecule has 1 atom stereocenters. The number of carboxylic acid groups (broad SMARTS) is 1. The van der Waals surface area contributed by atoms with Crippen molar-refractivity contribution in [1.29, 1.82) is 0 Å². The summed E-state index contributed by atoms with van der Waals surface area (Å²) in [6.45, 7) is 6.41. The molecule has 0 radical (unpaired) electrons. The Balaban J connectivity index is 3.86. The van der Waals surface area contributed by atoms with Crippen molar-refractivity contribution in [3.63, 3.8) is 0 Å². The van der Waals surface area contributed by atoms with Crippen LogP contribution in [0.1, 0.15) is 46.5 Å². The molecule has 5 heteroatoms. The highest BCUT2D eigenvalue weighted by molar-refractivity contribution is 5.81. The van der Waals surface area contributed by atoms with Gasteiger partial charge < -0.3 is 16.2 Å². The highest BCUT2D eigenvalue weighted by atomic mass is 16.4. The molecule has 4 N–H and O–H groups in total. The molecule has 0 aliphatic carbocycles. The molecular weight excluding hydrogens is 220 g/mol. The number of amides is 1. The van der Waals surface area contributed by atoms with Crippen LogP contribution in [-0.4, -0.2) is 29.6 Å². The first-order chi connectivity index (χ1) is 7.78. The summed E-state index contributed by atoms with van der Waals surface area (Å²) in [5.74, 6) is -0.920. The third-order valence-corrected chi connectivity index (χ3v) is 2.89. The lowest BCUT2D eigenvalue weighted by molar-refractivity contribution is -0.137. The normalized spacial score (nSPS) is 13.2. The van der Waals surface area contributed by atoms with Gasteiger partial charge in [-0.2, -0.15) is 0 Å². The van der Waals surface area contributed by atoms with E-state index in [9.17, 15) is 9.59 Å². The second kappa shape index (κ2) is 7.27. The van der Waals surface area contributed by atoms with E-state index in [1.165, 1.54) is 0 Å². The maximum Gasteiger partial charge on any atom is 0.303 e. The number of carbonyl (C=O) groups is 2. The van der Waals surface area contributed by atoms with Crippen LogP contribution in [-0.2, 0) is 9.59 Å². The molecule has 0 heterocycles. The molecule has 5 nitrogen and oxygen atoms in total. The zero-order valence-electron chi connectivity index (χ0n) is 11.0. The van der Waals surface area contributed by atoms with Crippen LogP contribution in [0.2, 0.25) is 0 Å². The van der Waals surface area contributed by atoms with Gasteiger partial charge in [0.15, 0.2) is 0 Å². The maximum absolute atomic E-state index is 11.4. The Morgan fingerprint density at radius 1 is 1.35 bits per heavy atom. The van der Waals surface area contributed by atoms with Gasteiger partial charge in [-0.05, 0) is 24.7 Å². The highest BCUT2D eigenvalue weighted by Gasteiger charge is 2.19. The molecule has 100 valence electrons. The number of nitrogens with one attached hydrogen (secondary N) is 1. The Kier molecular flexibility index (Phi) is 6.80. The molecule has 0 aromatic heterocycles. The minimum atomic E-state index is -0.782. The fourth-order valence-electron chi connectivity index (χ4n) is 1.41. The predicted octanol–water partition coefficient (Wildman–Crippen LogP) is 1.12. The lowest BCUT2D eigenvalue weighted by atomic mass is 9.84. The van der Waals surface area contributed by atoms with E-state index in [2.05, 4.69) is 5.32 Å². The average Bonchev–Trinajstić information content (AvgIpc) is 2.25. The van der Waals surface area contributed by atoms with E-state index in [1.807, 2.05) is 20.8 Å². The van der Waals surface area contributed by atoms with Gasteiger partial charge in [0.25, 0.3) is 0 Å². The smallest absolute Gasteiger partial charge is 0.303 e. The molecule has 0 aromatic carbocycles. The summed E-state index contributed by atoms with van der Waals surface area (Å²) in [4.78, 5) is 21.9. The first kappa shape index (κ1) is 15.9. The zero-order valence-corrected chi connectivity index (χ0v) is 11.0. The van der Waals surface area contributed by atoms with Crippen molar-refractivity contribution in [3.05, 3.63) is 0 Å². The van der Waals surface area contributed by atoms with Gasteiger partial charge in [-0.25, -0.2) is 0 Å². The lowest BCUT2D eigenvalue weighted by Crippen LogP contribution is -2.41. The standard InChI is InChI=1S/C12H24N2O3/c1-4-9(13)11(17)14-8-7-12(2,3)6-5-10(15)16/h9H,4-8,13H2,1-3H3,(H,14,17)(H,15,16)/t9-/m0/s1. The van der Waals surface area contributed by atoms with Crippen LogP contribution in [0.25, 0.3) is 0 Å². The minimum Gasteiger partial charge on any atom is -0.481 e. The van der Waals surface area contributed by atoms with Crippen LogP contribution in [0.3, 0.4) is 0 Å². The molecule has 0 bridgehead atoms. The Morgan fingerprint density at radius 3 is 2.41 bits per heavy atom. The van der Waals surface area contributed by atoms with E-state index in [4.69, 9.17) is 10.8 Å². The summed E-state index contributed by atoms with van der Waals surface area (Å²) in [6, 6.07) is -0.447. The Morgan fingerprint density at radius 2 is 1.94 bits per heavy atom. The summed E-state index contributed by atoms with van der Waals surface area (Å²) < 4.78 is 0. The van der Waals surface area contributed by atoms with E-state index >= 15 is 0 Å². The summed E-state index contributed by atoms with van der Waals surface area (Å²) >= 11 is 0.